The summed E-state index contributed by atoms with van der Waals surface area (Å²) < 4.78 is 4.90. The molecule has 0 aromatic rings. The van der Waals surface area contributed by atoms with Gasteiger partial charge in [-0.05, 0) is 20.8 Å². The monoisotopic (exact) mass is 225 g/mol. The van der Waals surface area contributed by atoms with E-state index in [0.717, 1.165) is 0 Å². The van der Waals surface area contributed by atoms with E-state index in [-0.39, 0.29) is 12.2 Å². The summed E-state index contributed by atoms with van der Waals surface area (Å²) in [5.41, 5.74) is -0.687. The van der Waals surface area contributed by atoms with Crippen molar-refractivity contribution in [2.24, 2.45) is 0 Å². The number of allylic oxidation sites excluding steroid dienone is 1. The molecule has 0 saturated carbocycles. The second-order valence-electron chi connectivity index (χ2n) is 3.99. The van der Waals surface area contributed by atoms with Crippen molar-refractivity contribution in [1.82, 2.24) is 10.6 Å². The fraction of sp³-hybridized carbons (Fsp3) is 0.500. The van der Waals surface area contributed by atoms with Crippen LogP contribution in [0.25, 0.3) is 0 Å². The molecule has 0 spiro atoms. The zero-order valence-corrected chi connectivity index (χ0v) is 9.59. The number of nitriles is 1. The van der Waals surface area contributed by atoms with Gasteiger partial charge in [-0.2, -0.15) is 5.26 Å². The van der Waals surface area contributed by atoms with Gasteiger partial charge in [-0.15, -0.1) is 0 Å². The molecular formula is C10H15N3O3. The van der Waals surface area contributed by atoms with Crippen molar-refractivity contribution < 1.29 is 14.3 Å². The topological polar surface area (TPSA) is 91.2 Å². The number of amides is 2. The molecule has 0 bridgehead atoms. The third-order valence-corrected chi connectivity index (χ3v) is 1.22. The minimum Gasteiger partial charge on any atom is -0.444 e. The van der Waals surface area contributed by atoms with Gasteiger partial charge in [-0.1, -0.05) is 6.58 Å². The number of hydrogen-bond acceptors (Lipinski definition) is 4. The molecule has 0 aromatic carbocycles. The van der Waals surface area contributed by atoms with Crippen molar-refractivity contribution in [3.05, 3.63) is 12.3 Å². The van der Waals surface area contributed by atoms with Gasteiger partial charge in [0.1, 0.15) is 23.9 Å². The lowest BCUT2D eigenvalue weighted by molar-refractivity contribution is -0.119. The zero-order chi connectivity index (χ0) is 12.8. The van der Waals surface area contributed by atoms with Crippen LogP contribution >= 0.6 is 0 Å². The Hall–Kier alpha value is -2.03. The van der Waals surface area contributed by atoms with Gasteiger partial charge in [0.15, 0.2) is 0 Å². The van der Waals surface area contributed by atoms with Crippen LogP contribution in [0, 0.1) is 11.3 Å². The van der Waals surface area contributed by atoms with Crippen LogP contribution < -0.4 is 10.6 Å². The number of carbonyl (C=O) groups excluding carboxylic acids is 2. The molecule has 0 radical (unpaired) electrons. The van der Waals surface area contributed by atoms with Crippen molar-refractivity contribution in [2.45, 2.75) is 26.4 Å². The summed E-state index contributed by atoms with van der Waals surface area (Å²) in [5.74, 6) is -0.530. The Kier molecular flexibility index (Phi) is 5.02. The molecule has 16 heavy (non-hydrogen) atoms. The fourth-order valence-electron chi connectivity index (χ4n) is 0.707. The molecule has 2 amide bonds. The lowest BCUT2D eigenvalue weighted by atomic mass is 10.2. The van der Waals surface area contributed by atoms with E-state index < -0.39 is 17.6 Å². The Balaban J connectivity index is 3.90. The van der Waals surface area contributed by atoms with Crippen LogP contribution in [0.15, 0.2) is 12.3 Å². The smallest absolute Gasteiger partial charge is 0.408 e. The lowest BCUT2D eigenvalue weighted by Gasteiger charge is -2.19. The first-order chi connectivity index (χ1) is 7.24. The third kappa shape index (κ3) is 7.38. The summed E-state index contributed by atoms with van der Waals surface area (Å²) in [6.45, 7) is 8.13. The Morgan fingerprint density at radius 3 is 2.44 bits per heavy atom. The fourth-order valence-corrected chi connectivity index (χ4v) is 0.707. The molecule has 0 atom stereocenters. The van der Waals surface area contributed by atoms with Gasteiger partial charge < -0.3 is 15.4 Å². The normalized spacial score (nSPS) is 9.88. The Morgan fingerprint density at radius 2 is 2.00 bits per heavy atom. The van der Waals surface area contributed by atoms with Crippen molar-refractivity contribution >= 4 is 12.0 Å². The van der Waals surface area contributed by atoms with Crippen LogP contribution in [-0.4, -0.2) is 24.1 Å². The van der Waals surface area contributed by atoms with E-state index in [1.165, 1.54) is 0 Å². The highest BCUT2D eigenvalue weighted by Crippen LogP contribution is 2.05. The number of carbonyl (C=O) groups is 2. The van der Waals surface area contributed by atoms with Gasteiger partial charge >= 0.3 is 6.09 Å². The summed E-state index contributed by atoms with van der Waals surface area (Å²) in [4.78, 5) is 22.2. The second-order valence-corrected chi connectivity index (χ2v) is 3.99. The van der Waals surface area contributed by atoms with Crippen molar-refractivity contribution in [2.75, 3.05) is 6.54 Å². The van der Waals surface area contributed by atoms with E-state index in [0.29, 0.717) is 0 Å². The molecule has 0 fully saturated rings. The van der Waals surface area contributed by atoms with Gasteiger partial charge in [-0.25, -0.2) is 4.79 Å². The molecule has 88 valence electrons. The summed E-state index contributed by atoms with van der Waals surface area (Å²) in [6.07, 6.45) is -0.690. The van der Waals surface area contributed by atoms with Crippen LogP contribution in [-0.2, 0) is 9.53 Å². The van der Waals surface area contributed by atoms with Gasteiger partial charge in [0.25, 0.3) is 0 Å². The third-order valence-electron chi connectivity index (χ3n) is 1.22. The molecule has 2 N–H and O–H groups in total. The van der Waals surface area contributed by atoms with Crippen LogP contribution in [0.4, 0.5) is 4.79 Å². The van der Waals surface area contributed by atoms with E-state index in [1.54, 1.807) is 26.8 Å². The zero-order valence-electron chi connectivity index (χ0n) is 9.59. The highest BCUT2D eigenvalue weighted by molar-refractivity contribution is 5.83. The first-order valence-corrected chi connectivity index (χ1v) is 4.60. The van der Waals surface area contributed by atoms with Crippen molar-refractivity contribution in [3.63, 3.8) is 0 Å². The van der Waals surface area contributed by atoms with E-state index in [2.05, 4.69) is 17.2 Å². The molecular weight excluding hydrogens is 210 g/mol. The largest absolute Gasteiger partial charge is 0.444 e. The highest BCUT2D eigenvalue weighted by atomic mass is 16.6. The molecule has 0 heterocycles. The summed E-state index contributed by atoms with van der Waals surface area (Å²) >= 11 is 0. The number of ether oxygens (including phenoxy) is 1. The minimum atomic E-state index is -0.690. The number of hydrogen-bond donors (Lipinski definition) is 2. The quantitative estimate of drug-likeness (QED) is 0.690. The predicted molar refractivity (Wildman–Crippen MR) is 57.1 cm³/mol. The van der Waals surface area contributed by atoms with Crippen molar-refractivity contribution in [3.8, 4) is 6.07 Å². The van der Waals surface area contributed by atoms with Crippen molar-refractivity contribution in [1.29, 1.82) is 5.26 Å². The summed E-state index contributed by atoms with van der Waals surface area (Å²) in [6, 6.07) is 1.65. The molecule has 0 aliphatic rings. The number of rotatable bonds is 3. The SMILES string of the molecule is C=C(C#N)NC(=O)CNC(=O)OC(C)(C)C. The molecule has 0 aromatic heterocycles. The van der Waals surface area contributed by atoms with Crippen LogP contribution in [0.5, 0.6) is 0 Å². The summed E-state index contributed by atoms with van der Waals surface area (Å²) in [5, 5.41) is 12.8. The van der Waals surface area contributed by atoms with E-state index in [1.807, 2.05) is 0 Å². The average molecular weight is 225 g/mol. The molecule has 0 aliphatic carbocycles. The first-order valence-electron chi connectivity index (χ1n) is 4.60. The summed E-state index contributed by atoms with van der Waals surface area (Å²) in [7, 11) is 0. The maximum Gasteiger partial charge on any atom is 0.408 e. The van der Waals surface area contributed by atoms with Crippen LogP contribution in [0.3, 0.4) is 0 Å². The minimum absolute atomic E-state index is 0.0732. The molecule has 0 saturated heterocycles. The van der Waals surface area contributed by atoms with E-state index in [4.69, 9.17) is 10.00 Å². The Morgan fingerprint density at radius 1 is 1.44 bits per heavy atom. The van der Waals surface area contributed by atoms with E-state index in [9.17, 15) is 9.59 Å². The number of nitrogens with one attached hydrogen (secondary N) is 2. The van der Waals surface area contributed by atoms with Gasteiger partial charge in [0, 0.05) is 0 Å². The molecule has 6 heteroatoms. The highest BCUT2D eigenvalue weighted by Gasteiger charge is 2.16. The van der Waals surface area contributed by atoms with E-state index >= 15 is 0 Å². The molecule has 6 nitrogen and oxygen atoms in total. The maximum absolute atomic E-state index is 11.1. The standard InChI is InChI=1S/C10H15N3O3/c1-7(5-11)13-8(14)6-12-9(15)16-10(2,3)4/h1,6H2,2-4H3,(H,12,15)(H,13,14). The molecule has 0 unspecified atom stereocenters. The number of nitrogens with zero attached hydrogens (tertiary/aromatic N) is 1. The first kappa shape index (κ1) is 14.0. The Labute approximate surface area is 94.3 Å². The Bertz CT molecular complexity index is 336. The predicted octanol–water partition coefficient (Wildman–Crippen LogP) is 0.665. The van der Waals surface area contributed by atoms with Gasteiger partial charge in [-0.3, -0.25) is 4.79 Å². The van der Waals surface area contributed by atoms with Gasteiger partial charge in [0.05, 0.1) is 0 Å². The maximum atomic E-state index is 11.1. The van der Waals surface area contributed by atoms with Gasteiger partial charge in [0.2, 0.25) is 5.91 Å². The lowest BCUT2D eigenvalue weighted by Crippen LogP contribution is -2.39. The molecule has 0 rings (SSSR count). The van der Waals surface area contributed by atoms with Crippen LogP contribution in [0.2, 0.25) is 0 Å². The number of alkyl carbamates (subject to hydrolysis) is 1. The molecule has 0 aliphatic heterocycles. The second kappa shape index (κ2) is 5.75. The average Bonchev–Trinajstić information content (AvgIpc) is 2.12. The van der Waals surface area contributed by atoms with Crippen LogP contribution in [0.1, 0.15) is 20.8 Å².